The molecule has 3 aromatic rings. The van der Waals surface area contributed by atoms with Crippen LogP contribution in [0.3, 0.4) is 0 Å². The average molecular weight is 288 g/mol. The summed E-state index contributed by atoms with van der Waals surface area (Å²) in [5.41, 5.74) is 11.2. The predicted octanol–water partition coefficient (Wildman–Crippen LogP) is 3.61. The zero-order valence-corrected chi connectivity index (χ0v) is 12.5. The second-order valence-corrected chi connectivity index (χ2v) is 5.33. The quantitative estimate of drug-likeness (QED) is 0.783. The van der Waals surface area contributed by atoms with Gasteiger partial charge in [0.05, 0.1) is 5.69 Å². The molecule has 0 aliphatic rings. The first-order chi connectivity index (χ1) is 10.6. The number of hydrogen-bond acceptors (Lipinski definition) is 3. The Hall–Kier alpha value is -3.06. The standard InChI is InChI=1S/C18H16N4/c1-12-3-7-14(8-4-12)17-16(11-19)18(20)22(21-17)15-9-5-13(2)6-10-15/h3-10H,20H2,1-2H3. The van der Waals surface area contributed by atoms with Crippen LogP contribution in [0.5, 0.6) is 0 Å². The summed E-state index contributed by atoms with van der Waals surface area (Å²) in [6.07, 6.45) is 0. The second kappa shape index (κ2) is 5.38. The van der Waals surface area contributed by atoms with Crippen molar-refractivity contribution >= 4 is 5.82 Å². The maximum atomic E-state index is 9.44. The van der Waals surface area contributed by atoms with Gasteiger partial charge in [-0.3, -0.25) is 0 Å². The topological polar surface area (TPSA) is 67.6 Å². The monoisotopic (exact) mass is 288 g/mol. The largest absolute Gasteiger partial charge is 0.382 e. The Bertz CT molecular complexity index is 850. The molecule has 4 heteroatoms. The Morgan fingerprint density at radius 1 is 0.955 bits per heavy atom. The molecule has 0 saturated carbocycles. The van der Waals surface area contributed by atoms with Gasteiger partial charge in [-0.1, -0.05) is 47.5 Å². The molecule has 22 heavy (non-hydrogen) atoms. The molecule has 1 aromatic heterocycles. The van der Waals surface area contributed by atoms with E-state index in [0.29, 0.717) is 17.1 Å². The first-order valence-electron chi connectivity index (χ1n) is 7.03. The lowest BCUT2D eigenvalue weighted by Gasteiger charge is -2.03. The second-order valence-electron chi connectivity index (χ2n) is 5.33. The Morgan fingerprint density at radius 2 is 1.50 bits per heavy atom. The number of rotatable bonds is 2. The van der Waals surface area contributed by atoms with Crippen LogP contribution < -0.4 is 5.73 Å². The van der Waals surface area contributed by atoms with Crippen molar-refractivity contribution in [3.8, 4) is 23.0 Å². The van der Waals surface area contributed by atoms with Gasteiger partial charge in [-0.05, 0) is 26.0 Å². The number of aryl methyl sites for hydroxylation is 2. The van der Waals surface area contributed by atoms with E-state index in [-0.39, 0.29) is 0 Å². The molecule has 2 aromatic carbocycles. The van der Waals surface area contributed by atoms with Crippen LogP contribution in [0.15, 0.2) is 48.5 Å². The van der Waals surface area contributed by atoms with Gasteiger partial charge in [0.25, 0.3) is 0 Å². The fourth-order valence-corrected chi connectivity index (χ4v) is 2.34. The average Bonchev–Trinajstić information content (AvgIpc) is 2.85. The molecule has 0 amide bonds. The number of nitrogens with two attached hydrogens (primary N) is 1. The van der Waals surface area contributed by atoms with Crippen LogP contribution in [-0.2, 0) is 0 Å². The Kier molecular flexibility index (Phi) is 3.40. The molecule has 0 bridgehead atoms. The van der Waals surface area contributed by atoms with Gasteiger partial charge in [-0.25, -0.2) is 4.68 Å². The molecule has 108 valence electrons. The maximum Gasteiger partial charge on any atom is 0.145 e. The van der Waals surface area contributed by atoms with Crippen LogP contribution >= 0.6 is 0 Å². The zero-order chi connectivity index (χ0) is 15.7. The maximum absolute atomic E-state index is 9.44. The molecule has 0 atom stereocenters. The van der Waals surface area contributed by atoms with E-state index in [0.717, 1.165) is 22.4 Å². The van der Waals surface area contributed by atoms with Crippen LogP contribution in [-0.4, -0.2) is 9.78 Å². The normalized spacial score (nSPS) is 10.4. The lowest BCUT2D eigenvalue weighted by Crippen LogP contribution is -2.02. The lowest BCUT2D eigenvalue weighted by atomic mass is 10.1. The summed E-state index contributed by atoms with van der Waals surface area (Å²) >= 11 is 0. The van der Waals surface area contributed by atoms with E-state index in [9.17, 15) is 5.26 Å². The highest BCUT2D eigenvalue weighted by Gasteiger charge is 2.17. The van der Waals surface area contributed by atoms with Crippen molar-refractivity contribution < 1.29 is 0 Å². The molecule has 0 spiro atoms. The van der Waals surface area contributed by atoms with Gasteiger partial charge in [0, 0.05) is 5.56 Å². The third-order valence-corrected chi connectivity index (χ3v) is 3.64. The minimum atomic E-state index is 0.363. The van der Waals surface area contributed by atoms with Crippen LogP contribution in [0.1, 0.15) is 16.7 Å². The van der Waals surface area contributed by atoms with Crippen molar-refractivity contribution in [2.45, 2.75) is 13.8 Å². The van der Waals surface area contributed by atoms with Gasteiger partial charge in [-0.2, -0.15) is 10.4 Å². The number of nitrogen functional groups attached to an aromatic ring is 1. The van der Waals surface area contributed by atoms with E-state index in [1.54, 1.807) is 4.68 Å². The van der Waals surface area contributed by atoms with Crippen LogP contribution in [0, 0.1) is 25.2 Å². The fourth-order valence-electron chi connectivity index (χ4n) is 2.34. The van der Waals surface area contributed by atoms with Gasteiger partial charge in [0.15, 0.2) is 0 Å². The number of nitrogens with zero attached hydrogens (tertiary/aromatic N) is 3. The Morgan fingerprint density at radius 3 is 2.05 bits per heavy atom. The van der Waals surface area contributed by atoms with E-state index in [2.05, 4.69) is 11.2 Å². The summed E-state index contributed by atoms with van der Waals surface area (Å²) in [6, 6.07) is 18.0. The van der Waals surface area contributed by atoms with Crippen molar-refractivity contribution in [2.24, 2.45) is 0 Å². The van der Waals surface area contributed by atoms with E-state index in [1.165, 1.54) is 0 Å². The molecule has 4 nitrogen and oxygen atoms in total. The lowest BCUT2D eigenvalue weighted by molar-refractivity contribution is 0.894. The SMILES string of the molecule is Cc1ccc(-c2nn(-c3ccc(C)cc3)c(N)c2C#N)cc1. The van der Waals surface area contributed by atoms with Gasteiger partial charge >= 0.3 is 0 Å². The van der Waals surface area contributed by atoms with Gasteiger partial charge in [0.1, 0.15) is 23.1 Å². The number of hydrogen-bond donors (Lipinski definition) is 1. The molecule has 0 aliphatic carbocycles. The van der Waals surface area contributed by atoms with Gasteiger partial charge in [0.2, 0.25) is 0 Å². The summed E-state index contributed by atoms with van der Waals surface area (Å²) < 4.78 is 1.62. The first kappa shape index (κ1) is 13.9. The summed E-state index contributed by atoms with van der Waals surface area (Å²) in [5, 5.41) is 14.0. The highest BCUT2D eigenvalue weighted by molar-refractivity contribution is 5.73. The summed E-state index contributed by atoms with van der Waals surface area (Å²) in [7, 11) is 0. The highest BCUT2D eigenvalue weighted by atomic mass is 15.3. The summed E-state index contributed by atoms with van der Waals surface area (Å²) in [5.74, 6) is 0.363. The predicted molar refractivity (Wildman–Crippen MR) is 87.6 cm³/mol. The summed E-state index contributed by atoms with van der Waals surface area (Å²) in [6.45, 7) is 4.04. The third kappa shape index (κ3) is 2.33. The summed E-state index contributed by atoms with van der Waals surface area (Å²) in [4.78, 5) is 0. The molecular formula is C18H16N4. The molecular weight excluding hydrogens is 272 g/mol. The Labute approximate surface area is 129 Å². The molecule has 0 unspecified atom stereocenters. The smallest absolute Gasteiger partial charge is 0.145 e. The van der Waals surface area contributed by atoms with Crippen LogP contribution in [0.2, 0.25) is 0 Å². The zero-order valence-electron chi connectivity index (χ0n) is 12.5. The van der Waals surface area contributed by atoms with Crippen molar-refractivity contribution in [2.75, 3.05) is 5.73 Å². The Balaban J connectivity index is 2.17. The van der Waals surface area contributed by atoms with Crippen molar-refractivity contribution in [1.29, 1.82) is 5.26 Å². The molecule has 0 aliphatic heterocycles. The van der Waals surface area contributed by atoms with Gasteiger partial charge in [-0.15, -0.1) is 0 Å². The molecule has 3 rings (SSSR count). The third-order valence-electron chi connectivity index (χ3n) is 3.64. The van der Waals surface area contributed by atoms with E-state index >= 15 is 0 Å². The van der Waals surface area contributed by atoms with E-state index in [1.807, 2.05) is 62.4 Å². The minimum Gasteiger partial charge on any atom is -0.382 e. The van der Waals surface area contributed by atoms with Crippen LogP contribution in [0.25, 0.3) is 16.9 Å². The molecule has 0 fully saturated rings. The van der Waals surface area contributed by atoms with Gasteiger partial charge < -0.3 is 5.73 Å². The minimum absolute atomic E-state index is 0.363. The van der Waals surface area contributed by atoms with Crippen molar-refractivity contribution in [3.63, 3.8) is 0 Å². The fraction of sp³-hybridized carbons (Fsp3) is 0.111. The van der Waals surface area contributed by atoms with Crippen molar-refractivity contribution in [1.82, 2.24) is 9.78 Å². The van der Waals surface area contributed by atoms with E-state index in [4.69, 9.17) is 5.73 Å². The number of aromatic nitrogens is 2. The molecule has 1 heterocycles. The number of benzene rings is 2. The van der Waals surface area contributed by atoms with E-state index < -0.39 is 0 Å². The number of nitriles is 1. The highest BCUT2D eigenvalue weighted by Crippen LogP contribution is 2.28. The molecule has 0 radical (unpaired) electrons. The first-order valence-corrected chi connectivity index (χ1v) is 7.03. The van der Waals surface area contributed by atoms with Crippen LogP contribution in [0.4, 0.5) is 5.82 Å². The molecule has 0 saturated heterocycles. The molecule has 2 N–H and O–H groups in total. The number of anilines is 1. The van der Waals surface area contributed by atoms with Crippen molar-refractivity contribution in [3.05, 3.63) is 65.2 Å².